The Bertz CT molecular complexity index is 1930. The predicted molar refractivity (Wildman–Crippen MR) is 195 cm³/mol. The number of aliphatic hydroxyl groups excluding tert-OH is 1. The number of carbonyl (C=O) groups is 4. The van der Waals surface area contributed by atoms with E-state index in [9.17, 15) is 29.1 Å². The first kappa shape index (κ1) is 39.5. The topological polar surface area (TPSA) is 182 Å². The van der Waals surface area contributed by atoms with Gasteiger partial charge in [-0.2, -0.15) is 4.98 Å². The van der Waals surface area contributed by atoms with Crippen molar-refractivity contribution >= 4 is 29.3 Å². The zero-order valence-corrected chi connectivity index (χ0v) is 30.4. The van der Waals surface area contributed by atoms with Crippen LogP contribution < -0.4 is 20.5 Å². The fourth-order valence-electron chi connectivity index (χ4n) is 6.15. The smallest absolute Gasteiger partial charge is 0.351 e. The van der Waals surface area contributed by atoms with Gasteiger partial charge in [-0.05, 0) is 60.9 Å². The molecule has 1 saturated heterocycles. The summed E-state index contributed by atoms with van der Waals surface area (Å²) in [5, 5.41) is 14.2. The summed E-state index contributed by atoms with van der Waals surface area (Å²) in [6.07, 6.45) is -4.55. The van der Waals surface area contributed by atoms with Crippen molar-refractivity contribution in [3.8, 4) is 11.5 Å². The molecule has 4 aromatic rings. The Labute approximate surface area is 312 Å². The number of hydrogen-bond donors (Lipinski definition) is 2. The molecule has 54 heavy (non-hydrogen) atoms. The average molecular weight is 742 g/mol. The number of carbonyl (C=O) groups excluding carboxylic acids is 4. The van der Waals surface area contributed by atoms with E-state index in [0.29, 0.717) is 11.5 Å². The van der Waals surface area contributed by atoms with E-state index in [4.69, 9.17) is 23.7 Å². The number of amides is 1. The predicted octanol–water partition coefficient (Wildman–Crippen LogP) is 4.12. The van der Waals surface area contributed by atoms with Gasteiger partial charge in [0.25, 0.3) is 0 Å². The van der Waals surface area contributed by atoms with Crippen molar-refractivity contribution in [2.45, 2.75) is 69.7 Å². The number of Topliss-reactive ketones (excluding diaryl/α,β-unsaturated/α-hetero) is 2. The van der Waals surface area contributed by atoms with Crippen molar-refractivity contribution < 1.29 is 48.0 Å². The molecule has 1 aliphatic rings. The van der Waals surface area contributed by atoms with Crippen molar-refractivity contribution in [3.05, 3.63) is 118 Å². The number of esters is 1. The summed E-state index contributed by atoms with van der Waals surface area (Å²) in [4.78, 5) is 65.4. The molecule has 0 unspecified atom stereocenters. The van der Waals surface area contributed by atoms with Gasteiger partial charge in [-0.15, -0.1) is 0 Å². The number of benzene rings is 3. The standard InChI is InChI=1S/C40H43N3O11/c1-25(44)10-20-34(46)41-33-22-23-43(39(49)42-33)38-37(54-35(47)21-11-26(2)45)36(48)32(53-38)24-52-40(27-8-6-5-7-9-27,28-12-16-30(50-3)17-13-28)29-14-18-31(51-4)19-15-29/h5-9,12-19,22-23,32,36-38,48H,10-11,20-21,24H2,1-4H3,(H,41,42,46,49)/t32-,36-,37-,38-/m1/s1. The Morgan fingerprint density at radius 3 is 1.89 bits per heavy atom. The van der Waals surface area contributed by atoms with E-state index in [1.54, 1.807) is 14.2 Å². The minimum atomic E-state index is -1.51. The molecule has 0 saturated carbocycles. The van der Waals surface area contributed by atoms with E-state index in [1.807, 2.05) is 78.9 Å². The van der Waals surface area contributed by atoms with Gasteiger partial charge in [0, 0.05) is 25.5 Å². The molecule has 1 aliphatic heterocycles. The molecule has 1 aromatic heterocycles. The number of aliphatic hydroxyl groups is 1. The van der Waals surface area contributed by atoms with Crippen LogP contribution in [0.1, 0.15) is 62.4 Å². The third-order valence-electron chi connectivity index (χ3n) is 8.97. The number of ether oxygens (including phenoxy) is 5. The molecule has 5 rings (SSSR count). The maximum absolute atomic E-state index is 13.4. The van der Waals surface area contributed by atoms with E-state index in [2.05, 4.69) is 10.3 Å². The number of ketones is 2. The summed E-state index contributed by atoms with van der Waals surface area (Å²) < 4.78 is 30.8. The normalized spacial score (nSPS) is 18.1. The molecule has 284 valence electrons. The highest BCUT2D eigenvalue weighted by Gasteiger charge is 2.49. The van der Waals surface area contributed by atoms with E-state index in [-0.39, 0.29) is 49.7 Å². The Morgan fingerprint density at radius 1 is 0.796 bits per heavy atom. The van der Waals surface area contributed by atoms with Crippen molar-refractivity contribution in [2.24, 2.45) is 0 Å². The first-order valence-corrected chi connectivity index (χ1v) is 17.3. The fraction of sp³-hybridized carbons (Fsp3) is 0.350. The number of aromatic nitrogens is 2. The van der Waals surface area contributed by atoms with Crippen LogP contribution in [0.2, 0.25) is 0 Å². The number of anilines is 1. The highest BCUT2D eigenvalue weighted by molar-refractivity contribution is 5.92. The van der Waals surface area contributed by atoms with E-state index in [0.717, 1.165) is 21.3 Å². The van der Waals surface area contributed by atoms with Gasteiger partial charge in [-0.1, -0.05) is 54.6 Å². The van der Waals surface area contributed by atoms with Crippen LogP contribution in [-0.4, -0.2) is 77.2 Å². The maximum Gasteiger partial charge on any atom is 0.351 e. The molecule has 0 bridgehead atoms. The van der Waals surface area contributed by atoms with Gasteiger partial charge in [0.1, 0.15) is 46.7 Å². The number of hydrogen-bond acceptors (Lipinski definition) is 12. The summed E-state index contributed by atoms with van der Waals surface area (Å²) in [7, 11) is 3.14. The van der Waals surface area contributed by atoms with Gasteiger partial charge < -0.3 is 43.7 Å². The Balaban J connectivity index is 1.51. The molecule has 14 nitrogen and oxygen atoms in total. The number of rotatable bonds is 17. The Kier molecular flexibility index (Phi) is 13.1. The second-order valence-corrected chi connectivity index (χ2v) is 12.8. The van der Waals surface area contributed by atoms with Gasteiger partial charge in [0.05, 0.1) is 27.2 Å². The zero-order valence-electron chi connectivity index (χ0n) is 30.4. The molecule has 1 amide bonds. The van der Waals surface area contributed by atoms with E-state index in [1.165, 1.54) is 26.1 Å². The lowest BCUT2D eigenvalue weighted by Gasteiger charge is -2.37. The Hall–Kier alpha value is -5.70. The number of nitrogens with zero attached hydrogens (tertiary/aromatic N) is 2. The first-order chi connectivity index (χ1) is 25.9. The van der Waals surface area contributed by atoms with E-state index < -0.39 is 47.7 Å². The number of methoxy groups -OCH3 is 2. The van der Waals surface area contributed by atoms with Crippen LogP contribution in [0.4, 0.5) is 5.82 Å². The summed E-state index contributed by atoms with van der Waals surface area (Å²) in [6, 6.07) is 25.5. The van der Waals surface area contributed by atoms with Crippen LogP contribution in [0.15, 0.2) is 95.9 Å². The minimum Gasteiger partial charge on any atom is -0.497 e. The van der Waals surface area contributed by atoms with Gasteiger partial charge >= 0.3 is 11.7 Å². The third-order valence-corrected chi connectivity index (χ3v) is 8.97. The minimum absolute atomic E-state index is 0.0271. The molecular weight excluding hydrogens is 698 g/mol. The molecule has 0 aliphatic carbocycles. The van der Waals surface area contributed by atoms with Crippen molar-refractivity contribution in [3.63, 3.8) is 0 Å². The van der Waals surface area contributed by atoms with Crippen molar-refractivity contribution in [1.29, 1.82) is 0 Å². The quantitative estimate of drug-likeness (QED) is 0.117. The third kappa shape index (κ3) is 9.26. The monoisotopic (exact) mass is 741 g/mol. The zero-order chi connectivity index (χ0) is 38.8. The van der Waals surface area contributed by atoms with Gasteiger partial charge in [-0.25, -0.2) is 4.79 Å². The van der Waals surface area contributed by atoms with Crippen LogP contribution in [0.3, 0.4) is 0 Å². The molecule has 3 aromatic carbocycles. The Morgan fingerprint density at radius 2 is 1.35 bits per heavy atom. The van der Waals surface area contributed by atoms with Crippen LogP contribution in [0.5, 0.6) is 11.5 Å². The second kappa shape index (κ2) is 17.9. The summed E-state index contributed by atoms with van der Waals surface area (Å²) >= 11 is 0. The lowest BCUT2D eigenvalue weighted by atomic mass is 9.80. The second-order valence-electron chi connectivity index (χ2n) is 12.8. The fourth-order valence-corrected chi connectivity index (χ4v) is 6.15. The molecular formula is C40H43N3O11. The average Bonchev–Trinajstić information content (AvgIpc) is 3.47. The van der Waals surface area contributed by atoms with Gasteiger partial charge in [0.2, 0.25) is 5.91 Å². The van der Waals surface area contributed by atoms with Gasteiger partial charge in [-0.3, -0.25) is 14.2 Å². The molecule has 2 heterocycles. The molecule has 4 atom stereocenters. The van der Waals surface area contributed by atoms with Crippen molar-refractivity contribution in [1.82, 2.24) is 9.55 Å². The lowest BCUT2D eigenvalue weighted by molar-refractivity contribution is -0.159. The summed E-state index contributed by atoms with van der Waals surface area (Å²) in [5.74, 6) is -0.492. The summed E-state index contributed by atoms with van der Waals surface area (Å²) in [5.41, 5.74) is 0.0282. The van der Waals surface area contributed by atoms with Crippen molar-refractivity contribution in [2.75, 3.05) is 26.1 Å². The lowest BCUT2D eigenvalue weighted by Crippen LogP contribution is -2.41. The SMILES string of the molecule is COc1ccc(C(OC[C@H]2O[C@@H](n3ccc(NC(=O)CCC(C)=O)nc3=O)[C@H](OC(=O)CCC(C)=O)[C@@H]2O)(c2ccccc2)c2ccc(OC)cc2)cc1. The molecule has 1 fully saturated rings. The van der Waals surface area contributed by atoms with Crippen LogP contribution in [0, 0.1) is 0 Å². The first-order valence-electron chi connectivity index (χ1n) is 17.3. The van der Waals surface area contributed by atoms with Crippen LogP contribution in [-0.2, 0) is 39.0 Å². The maximum atomic E-state index is 13.4. The molecule has 14 heteroatoms. The molecule has 2 N–H and O–H groups in total. The molecule has 0 radical (unpaired) electrons. The van der Waals surface area contributed by atoms with Crippen LogP contribution >= 0.6 is 0 Å². The highest BCUT2D eigenvalue weighted by atomic mass is 16.6. The number of nitrogens with one attached hydrogen (secondary N) is 1. The summed E-state index contributed by atoms with van der Waals surface area (Å²) in [6.45, 7) is 2.44. The highest BCUT2D eigenvalue weighted by Crippen LogP contribution is 2.43. The van der Waals surface area contributed by atoms with E-state index >= 15 is 0 Å². The largest absolute Gasteiger partial charge is 0.497 e. The van der Waals surface area contributed by atoms with Gasteiger partial charge in [0.15, 0.2) is 12.3 Å². The molecule has 0 spiro atoms. The van der Waals surface area contributed by atoms with Crippen LogP contribution in [0.25, 0.3) is 0 Å².